The molecule has 143 valence electrons. The second-order valence-electron chi connectivity index (χ2n) is 6.35. The van der Waals surface area contributed by atoms with Crippen molar-refractivity contribution in [3.63, 3.8) is 0 Å². The molecule has 5 rings (SSSR count). The van der Waals surface area contributed by atoms with E-state index in [0.717, 1.165) is 44.8 Å². The van der Waals surface area contributed by atoms with Gasteiger partial charge in [0.15, 0.2) is 0 Å². The Bertz CT molecular complexity index is 1100. The van der Waals surface area contributed by atoms with Gasteiger partial charge in [0, 0.05) is 38.8 Å². The average Bonchev–Trinajstić information content (AvgIpc) is 3.41. The number of hydrogen-bond acceptors (Lipinski definition) is 2. The normalized spacial score (nSPS) is 11.5. The maximum atomic E-state index is 4.62. The van der Waals surface area contributed by atoms with Crippen molar-refractivity contribution in [2.24, 2.45) is 0 Å². The molecule has 6 heteroatoms. The number of H-pyrrole nitrogens is 2. The van der Waals surface area contributed by atoms with Crippen LogP contribution in [0.1, 0.15) is 22.8 Å². The van der Waals surface area contributed by atoms with Crippen molar-refractivity contribution in [1.29, 1.82) is 0 Å². The van der Waals surface area contributed by atoms with Gasteiger partial charge in [-0.2, -0.15) is 14.1 Å². The quantitative estimate of drug-likeness (QED) is 0.363. The summed E-state index contributed by atoms with van der Waals surface area (Å²) in [6.07, 6.45) is 8.05. The maximum absolute atomic E-state index is 4.62. The number of nitrogens with zero attached hydrogens (tertiary/aromatic N) is 3. The van der Waals surface area contributed by atoms with Crippen LogP contribution in [0.4, 0.5) is 0 Å². The molecule has 2 N–H and O–H groups in total. The molecular formula is C22H20CoN5-. The maximum Gasteiger partial charge on any atom is 0.0659 e. The van der Waals surface area contributed by atoms with Gasteiger partial charge in [-0.3, -0.25) is 0 Å². The van der Waals surface area contributed by atoms with E-state index in [2.05, 4.69) is 55.6 Å². The molecule has 5 nitrogen and oxygen atoms in total. The van der Waals surface area contributed by atoms with Crippen LogP contribution >= 0.6 is 0 Å². The Hall–Kier alpha value is -2.93. The summed E-state index contributed by atoms with van der Waals surface area (Å²) in [5.74, 6) is 0. The zero-order valence-corrected chi connectivity index (χ0v) is 16.6. The molecule has 28 heavy (non-hydrogen) atoms. The van der Waals surface area contributed by atoms with E-state index >= 15 is 0 Å². The summed E-state index contributed by atoms with van der Waals surface area (Å²) in [5.41, 5.74) is 7.86. The molecule has 0 spiro atoms. The van der Waals surface area contributed by atoms with Crippen molar-refractivity contribution >= 4 is 46.4 Å². The third-order valence-electron chi connectivity index (χ3n) is 4.04. The molecular weight excluding hydrogens is 393 g/mol. The summed E-state index contributed by atoms with van der Waals surface area (Å²) in [5, 5.41) is 3.50. The van der Waals surface area contributed by atoms with E-state index in [9.17, 15) is 0 Å². The van der Waals surface area contributed by atoms with Crippen molar-refractivity contribution in [3.05, 3.63) is 76.6 Å². The summed E-state index contributed by atoms with van der Waals surface area (Å²) in [4.78, 5) is 16.0. The van der Waals surface area contributed by atoms with Gasteiger partial charge in [-0.05, 0) is 72.8 Å². The number of hydrogen-bond donors (Lipinski definition) is 2. The van der Waals surface area contributed by atoms with E-state index in [4.69, 9.17) is 0 Å². The molecule has 0 aliphatic carbocycles. The molecule has 1 radical (unpaired) electrons. The van der Waals surface area contributed by atoms with Crippen molar-refractivity contribution in [1.82, 2.24) is 19.9 Å². The molecule has 3 aromatic rings. The monoisotopic (exact) mass is 413 g/mol. The molecule has 0 saturated heterocycles. The number of nitrogens with one attached hydrogen (secondary N) is 2. The predicted molar refractivity (Wildman–Crippen MR) is 114 cm³/mol. The van der Waals surface area contributed by atoms with Crippen LogP contribution in [-0.2, 0) is 16.8 Å². The molecule has 5 heterocycles. The van der Waals surface area contributed by atoms with Gasteiger partial charge in [0.1, 0.15) is 0 Å². The molecule has 0 amide bonds. The minimum atomic E-state index is 0. The molecule has 0 fully saturated rings. The van der Waals surface area contributed by atoms with Crippen LogP contribution in [0.15, 0.2) is 48.5 Å². The van der Waals surface area contributed by atoms with Gasteiger partial charge in [-0.15, -0.1) is 0 Å². The Morgan fingerprint density at radius 1 is 0.571 bits per heavy atom. The minimum Gasteiger partial charge on any atom is -0.668 e. The number of fused-ring (bicyclic) bond motifs is 8. The minimum absolute atomic E-state index is 0. The first kappa shape index (κ1) is 19.8. The summed E-state index contributed by atoms with van der Waals surface area (Å²) in [7, 11) is 3.50. The number of aromatic nitrogens is 4. The van der Waals surface area contributed by atoms with Gasteiger partial charge < -0.3 is 15.3 Å². The van der Waals surface area contributed by atoms with Gasteiger partial charge in [-0.25, -0.2) is 9.97 Å². The van der Waals surface area contributed by atoms with Crippen LogP contribution in [0.3, 0.4) is 0 Å². The Morgan fingerprint density at radius 3 is 1.29 bits per heavy atom. The van der Waals surface area contributed by atoms with E-state index in [0.29, 0.717) is 0 Å². The fraction of sp³-hybridized carbons (Fsp3) is 0.0909. The van der Waals surface area contributed by atoms with Gasteiger partial charge in [0.2, 0.25) is 0 Å². The molecule has 0 unspecified atom stereocenters. The van der Waals surface area contributed by atoms with Crippen LogP contribution < -0.4 is 0 Å². The molecule has 8 bridgehead atoms. The standard InChI is InChI=1S/C20H14N4.C2H6N.Co/c1-2-14-10-16-5-6-18(23-16)12-20-8-7-19(24-20)11-17-4-3-15(22-17)9-13(1)21-14;1-3-2;/h1-12,21-22H;1-2H3;/q;-1;. The van der Waals surface area contributed by atoms with Crippen molar-refractivity contribution < 1.29 is 16.8 Å². The van der Waals surface area contributed by atoms with Crippen LogP contribution in [-0.4, -0.2) is 34.0 Å². The summed E-state index contributed by atoms with van der Waals surface area (Å²) in [6.45, 7) is 0. The fourth-order valence-corrected chi connectivity index (χ4v) is 2.94. The van der Waals surface area contributed by atoms with E-state index in [-0.39, 0.29) is 16.8 Å². The second-order valence-corrected chi connectivity index (χ2v) is 6.35. The SMILES string of the molecule is C1=Cc2cc3ccc(cc4ccc(cc5nc(cc1n2)C=C5)[nH]4)[nH]3.C[N-]C.[Co]. The van der Waals surface area contributed by atoms with Crippen LogP contribution in [0, 0.1) is 0 Å². The first-order valence-electron chi connectivity index (χ1n) is 8.74. The second kappa shape index (κ2) is 8.84. The Balaban J connectivity index is 0.000000531. The topological polar surface area (TPSA) is 71.5 Å². The van der Waals surface area contributed by atoms with Crippen LogP contribution in [0.2, 0.25) is 0 Å². The smallest absolute Gasteiger partial charge is 0.0659 e. The van der Waals surface area contributed by atoms with E-state index in [1.54, 1.807) is 14.1 Å². The summed E-state index contributed by atoms with van der Waals surface area (Å²) >= 11 is 0. The first-order chi connectivity index (χ1) is 13.2. The van der Waals surface area contributed by atoms with Crippen molar-refractivity contribution in [3.8, 4) is 0 Å². The van der Waals surface area contributed by atoms with Gasteiger partial charge in [-0.1, -0.05) is 0 Å². The molecule has 0 atom stereocenters. The molecule has 3 aromatic heterocycles. The molecule has 2 aliphatic rings. The van der Waals surface area contributed by atoms with E-state index < -0.39 is 0 Å². The Labute approximate surface area is 173 Å². The third kappa shape index (κ3) is 4.67. The zero-order valence-electron chi connectivity index (χ0n) is 15.6. The first-order valence-corrected chi connectivity index (χ1v) is 8.74. The Kier molecular flexibility index (Phi) is 6.25. The summed E-state index contributed by atoms with van der Waals surface area (Å²) < 4.78 is 0. The van der Waals surface area contributed by atoms with Gasteiger partial charge in [0.25, 0.3) is 0 Å². The van der Waals surface area contributed by atoms with Crippen molar-refractivity contribution in [2.75, 3.05) is 14.1 Å². The number of rotatable bonds is 0. The number of aromatic amines is 2. The predicted octanol–water partition coefficient (Wildman–Crippen LogP) is 5.27. The van der Waals surface area contributed by atoms with Crippen LogP contribution in [0.5, 0.6) is 0 Å². The molecule has 0 aromatic carbocycles. The third-order valence-corrected chi connectivity index (χ3v) is 4.04. The largest absolute Gasteiger partial charge is 0.668 e. The van der Waals surface area contributed by atoms with E-state index in [1.807, 2.05) is 42.5 Å². The van der Waals surface area contributed by atoms with Gasteiger partial charge in [0.05, 0.1) is 22.8 Å². The molecule has 2 aliphatic heterocycles. The fourth-order valence-electron chi connectivity index (χ4n) is 2.94. The van der Waals surface area contributed by atoms with E-state index in [1.165, 1.54) is 0 Å². The van der Waals surface area contributed by atoms with Crippen LogP contribution in [0.25, 0.3) is 51.7 Å². The van der Waals surface area contributed by atoms with Crippen molar-refractivity contribution in [2.45, 2.75) is 0 Å². The molecule has 0 saturated carbocycles. The average molecular weight is 413 g/mol. The Morgan fingerprint density at radius 2 is 0.893 bits per heavy atom. The summed E-state index contributed by atoms with van der Waals surface area (Å²) in [6, 6.07) is 16.4. The zero-order chi connectivity index (χ0) is 18.6. The van der Waals surface area contributed by atoms with Gasteiger partial charge >= 0.3 is 0 Å².